The van der Waals surface area contributed by atoms with E-state index in [0.29, 0.717) is 22.7 Å². The number of hydroxylamine groups is 2. The van der Waals surface area contributed by atoms with Crippen molar-refractivity contribution in [2.75, 3.05) is 29.9 Å². The zero-order valence-electron chi connectivity index (χ0n) is 29.0. The van der Waals surface area contributed by atoms with Crippen molar-refractivity contribution >= 4 is 35.4 Å². The monoisotopic (exact) mass is 737 g/mol. The molecule has 0 aliphatic carbocycles. The van der Waals surface area contributed by atoms with Crippen LogP contribution >= 0.6 is 0 Å². The Bertz CT molecular complexity index is 2000. The van der Waals surface area contributed by atoms with Crippen LogP contribution in [0.15, 0.2) is 66.7 Å². The normalized spacial score (nSPS) is 15.2. The summed E-state index contributed by atoms with van der Waals surface area (Å²) < 4.78 is 70.0. The van der Waals surface area contributed by atoms with Crippen molar-refractivity contribution < 1.29 is 41.2 Å². The van der Waals surface area contributed by atoms with E-state index in [1.54, 1.807) is 6.92 Å². The summed E-state index contributed by atoms with van der Waals surface area (Å²) in [5.41, 5.74) is 1.34. The number of para-hydroxylation sites is 1. The molecule has 3 heterocycles. The van der Waals surface area contributed by atoms with Gasteiger partial charge in [-0.3, -0.25) is 4.79 Å². The molecule has 2 aliphatic rings. The SMILES string of the molecule is Cc1ccc(C(=O)N(OC(=O)C(F)(F)F)C(C)C)cc1-c1nc(NC(CN2CCCC2)c2ccccc2)nc2c1CNC(=O)N2c1c(F)cccc1F. The molecule has 278 valence electrons. The van der Waals surface area contributed by atoms with Crippen LogP contribution in [0.4, 0.5) is 44.2 Å². The molecule has 0 spiro atoms. The fourth-order valence-corrected chi connectivity index (χ4v) is 6.32. The van der Waals surface area contributed by atoms with E-state index in [9.17, 15) is 27.6 Å². The number of fused-ring (bicyclic) bond motifs is 1. The minimum Gasteiger partial charge on any atom is -0.346 e. The average molecular weight is 738 g/mol. The van der Waals surface area contributed by atoms with Crippen LogP contribution in [0.1, 0.15) is 59.8 Å². The number of aryl methyl sites for hydroxylation is 1. The zero-order chi connectivity index (χ0) is 38.0. The second kappa shape index (κ2) is 15.1. The van der Waals surface area contributed by atoms with Gasteiger partial charge in [-0.25, -0.2) is 28.3 Å². The van der Waals surface area contributed by atoms with Gasteiger partial charge >= 0.3 is 18.2 Å². The minimum absolute atomic E-state index is 0.00212. The summed E-state index contributed by atoms with van der Waals surface area (Å²) in [7, 11) is 0. The maximum atomic E-state index is 15.3. The molecule has 3 aromatic carbocycles. The third kappa shape index (κ3) is 7.91. The highest BCUT2D eigenvalue weighted by molar-refractivity contribution is 6.02. The first-order valence-corrected chi connectivity index (χ1v) is 16.9. The molecular formula is C37H36F5N7O4. The average Bonchev–Trinajstić information content (AvgIpc) is 3.64. The first-order valence-electron chi connectivity index (χ1n) is 16.9. The standard InChI is InChI=1S/C37H36F5N7O4/c1-21(2)49(53-34(51)37(40,41)42)33(50)24-15-14-22(3)25(18-24)30-26-19-43-36(52)48(31-27(38)12-9-13-28(31)39)32(26)46-35(45-30)44-29(20-47-16-7-8-17-47)23-10-5-4-6-11-23/h4-6,9-15,18,21,29H,7-8,16-17,19-20H2,1-3H3,(H,43,52)(H,44,45,46). The molecule has 16 heteroatoms. The molecule has 4 aromatic rings. The third-order valence-corrected chi connectivity index (χ3v) is 8.94. The molecule has 1 unspecified atom stereocenters. The highest BCUT2D eigenvalue weighted by Crippen LogP contribution is 2.40. The van der Waals surface area contributed by atoms with E-state index in [4.69, 9.17) is 4.98 Å². The van der Waals surface area contributed by atoms with Gasteiger partial charge < -0.3 is 20.4 Å². The maximum Gasteiger partial charge on any atom is 0.493 e. The highest BCUT2D eigenvalue weighted by Gasteiger charge is 2.44. The van der Waals surface area contributed by atoms with Gasteiger partial charge in [0.2, 0.25) is 5.95 Å². The van der Waals surface area contributed by atoms with Crippen LogP contribution in [-0.2, 0) is 16.2 Å². The lowest BCUT2D eigenvalue weighted by Gasteiger charge is -2.32. The van der Waals surface area contributed by atoms with Gasteiger partial charge in [-0.2, -0.15) is 23.2 Å². The molecule has 1 fully saturated rings. The Morgan fingerprint density at radius 3 is 2.30 bits per heavy atom. The number of urea groups is 1. The fraction of sp³-hybridized carbons (Fsp3) is 0.324. The van der Waals surface area contributed by atoms with Gasteiger partial charge in [0.05, 0.1) is 24.3 Å². The van der Waals surface area contributed by atoms with Gasteiger partial charge in [-0.1, -0.05) is 42.5 Å². The number of nitrogens with one attached hydrogen (secondary N) is 2. The summed E-state index contributed by atoms with van der Waals surface area (Å²) >= 11 is 0. The Hall–Kier alpha value is -5.64. The third-order valence-electron chi connectivity index (χ3n) is 8.94. The van der Waals surface area contributed by atoms with Crippen molar-refractivity contribution in [3.05, 3.63) is 101 Å². The number of likely N-dealkylation sites (tertiary alicyclic amines) is 1. The molecule has 3 amide bonds. The minimum atomic E-state index is -5.35. The van der Waals surface area contributed by atoms with Crippen LogP contribution in [0.5, 0.6) is 0 Å². The quantitative estimate of drug-likeness (QED) is 0.137. The Morgan fingerprint density at radius 1 is 0.981 bits per heavy atom. The Balaban J connectivity index is 1.51. The van der Waals surface area contributed by atoms with E-state index in [1.165, 1.54) is 32.0 Å². The summed E-state index contributed by atoms with van der Waals surface area (Å²) in [5, 5.41) is 6.33. The highest BCUT2D eigenvalue weighted by atomic mass is 19.4. The lowest BCUT2D eigenvalue weighted by molar-refractivity contribution is -0.232. The van der Waals surface area contributed by atoms with Crippen molar-refractivity contribution in [3.8, 4) is 11.3 Å². The molecule has 2 N–H and O–H groups in total. The molecule has 1 aromatic heterocycles. The zero-order valence-corrected chi connectivity index (χ0v) is 29.0. The predicted molar refractivity (Wildman–Crippen MR) is 185 cm³/mol. The van der Waals surface area contributed by atoms with Crippen LogP contribution < -0.4 is 15.5 Å². The smallest absolute Gasteiger partial charge is 0.346 e. The van der Waals surface area contributed by atoms with Crippen LogP contribution in [0, 0.1) is 18.6 Å². The van der Waals surface area contributed by atoms with Gasteiger partial charge in [0, 0.05) is 23.2 Å². The van der Waals surface area contributed by atoms with Crippen molar-refractivity contribution in [2.45, 2.75) is 58.4 Å². The molecule has 2 aliphatic heterocycles. The van der Waals surface area contributed by atoms with Gasteiger partial charge in [0.1, 0.15) is 17.3 Å². The molecular weight excluding hydrogens is 701 g/mol. The summed E-state index contributed by atoms with van der Waals surface area (Å²) in [6.45, 7) is 6.60. The van der Waals surface area contributed by atoms with E-state index >= 15 is 8.78 Å². The van der Waals surface area contributed by atoms with Crippen LogP contribution in [0.2, 0.25) is 0 Å². The Morgan fingerprint density at radius 2 is 1.66 bits per heavy atom. The van der Waals surface area contributed by atoms with Gasteiger partial charge in [-0.05, 0) is 82.1 Å². The molecule has 0 radical (unpaired) electrons. The van der Waals surface area contributed by atoms with Crippen molar-refractivity contribution in [1.82, 2.24) is 25.2 Å². The summed E-state index contributed by atoms with van der Waals surface area (Å²) in [4.78, 5) is 55.8. The van der Waals surface area contributed by atoms with Crippen molar-refractivity contribution in [2.24, 2.45) is 0 Å². The molecule has 1 saturated heterocycles. The van der Waals surface area contributed by atoms with Crippen LogP contribution in [0.25, 0.3) is 11.3 Å². The summed E-state index contributed by atoms with van der Waals surface area (Å²) in [6, 6.07) is 14.8. The van der Waals surface area contributed by atoms with E-state index in [-0.39, 0.29) is 41.2 Å². The first kappa shape index (κ1) is 37.1. The number of amides is 3. The second-order valence-electron chi connectivity index (χ2n) is 13.0. The second-order valence-corrected chi connectivity index (χ2v) is 13.0. The topological polar surface area (TPSA) is 120 Å². The number of nitrogens with zero attached hydrogens (tertiary/aromatic N) is 5. The largest absolute Gasteiger partial charge is 0.493 e. The van der Waals surface area contributed by atoms with Crippen molar-refractivity contribution in [3.63, 3.8) is 0 Å². The fourth-order valence-electron chi connectivity index (χ4n) is 6.32. The van der Waals surface area contributed by atoms with E-state index in [0.717, 1.165) is 54.6 Å². The summed E-state index contributed by atoms with van der Waals surface area (Å²) in [5.74, 6) is -5.78. The van der Waals surface area contributed by atoms with Crippen molar-refractivity contribution in [1.29, 1.82) is 0 Å². The number of carbonyl (C=O) groups is 3. The summed E-state index contributed by atoms with van der Waals surface area (Å²) in [6.07, 6.45) is -3.27. The molecule has 0 bridgehead atoms. The lowest BCUT2D eigenvalue weighted by atomic mass is 9.97. The number of alkyl halides is 3. The number of carbonyl (C=O) groups excluding carboxylic acids is 3. The van der Waals surface area contributed by atoms with E-state index in [1.807, 2.05) is 30.3 Å². The van der Waals surface area contributed by atoms with Gasteiger partial charge in [-0.15, -0.1) is 0 Å². The van der Waals surface area contributed by atoms with Crippen LogP contribution in [-0.4, -0.2) is 69.7 Å². The van der Waals surface area contributed by atoms with Gasteiger partial charge in [0.25, 0.3) is 5.91 Å². The number of halogens is 5. The first-order chi connectivity index (χ1) is 25.2. The predicted octanol–water partition coefficient (Wildman–Crippen LogP) is 7.21. The number of hydrogen-bond donors (Lipinski definition) is 2. The van der Waals surface area contributed by atoms with Crippen LogP contribution in [0.3, 0.4) is 0 Å². The molecule has 11 nitrogen and oxygen atoms in total. The molecule has 0 saturated carbocycles. The Kier molecular flexibility index (Phi) is 10.6. The number of aromatic nitrogens is 2. The molecule has 1 atom stereocenters. The number of benzene rings is 3. The number of rotatable bonds is 9. The number of anilines is 3. The van der Waals surface area contributed by atoms with Gasteiger partial charge in [0.15, 0.2) is 5.82 Å². The Labute approximate surface area is 301 Å². The van der Waals surface area contributed by atoms with E-state index < -0.39 is 47.4 Å². The lowest BCUT2D eigenvalue weighted by Crippen LogP contribution is -2.43. The molecule has 6 rings (SSSR count). The van der Waals surface area contributed by atoms with E-state index in [2.05, 4.69) is 25.4 Å². The molecule has 53 heavy (non-hydrogen) atoms. The number of hydrogen-bond acceptors (Lipinski definition) is 8. The maximum absolute atomic E-state index is 15.3.